The van der Waals surface area contributed by atoms with E-state index in [1.807, 2.05) is 24.3 Å². The molecule has 18 heavy (non-hydrogen) atoms. The Bertz CT molecular complexity index is 523. The zero-order chi connectivity index (χ0) is 13.0. The van der Waals surface area contributed by atoms with Gasteiger partial charge in [-0.3, -0.25) is 0 Å². The summed E-state index contributed by atoms with van der Waals surface area (Å²) in [4.78, 5) is 4.20. The topological polar surface area (TPSA) is 48.1 Å². The maximum atomic E-state index is 5.72. The van der Waals surface area contributed by atoms with E-state index >= 15 is 0 Å². The van der Waals surface area contributed by atoms with E-state index in [9.17, 15) is 0 Å². The van der Waals surface area contributed by atoms with Crippen molar-refractivity contribution in [3.63, 3.8) is 0 Å². The first kappa shape index (κ1) is 12.4. The number of aromatic nitrogens is 1. The van der Waals surface area contributed by atoms with Crippen molar-refractivity contribution in [3.05, 3.63) is 53.7 Å². The third-order valence-electron chi connectivity index (χ3n) is 2.74. The Balaban J connectivity index is 2.04. The maximum Gasteiger partial charge on any atom is 0.130 e. The lowest BCUT2D eigenvalue weighted by Gasteiger charge is -2.09. The first-order valence-electron chi connectivity index (χ1n) is 6.09. The van der Waals surface area contributed by atoms with Gasteiger partial charge in [0.25, 0.3) is 0 Å². The summed E-state index contributed by atoms with van der Waals surface area (Å²) in [5.41, 5.74) is 7.73. The van der Waals surface area contributed by atoms with Crippen LogP contribution in [0.15, 0.2) is 42.5 Å². The summed E-state index contributed by atoms with van der Waals surface area (Å²) in [5.74, 6) is 1.89. The molecule has 0 fully saturated rings. The highest BCUT2D eigenvalue weighted by Crippen LogP contribution is 2.20. The molecule has 3 nitrogen and oxygen atoms in total. The van der Waals surface area contributed by atoms with E-state index in [0.29, 0.717) is 18.3 Å². The van der Waals surface area contributed by atoms with E-state index in [4.69, 9.17) is 10.5 Å². The monoisotopic (exact) mass is 242 g/mol. The van der Waals surface area contributed by atoms with E-state index in [1.165, 1.54) is 5.56 Å². The van der Waals surface area contributed by atoms with Crippen LogP contribution in [-0.2, 0) is 6.61 Å². The lowest BCUT2D eigenvalue weighted by molar-refractivity contribution is 0.301. The second-order valence-electron chi connectivity index (χ2n) is 4.57. The number of rotatable bonds is 4. The van der Waals surface area contributed by atoms with Crippen LogP contribution in [0.2, 0.25) is 0 Å². The van der Waals surface area contributed by atoms with Crippen LogP contribution < -0.4 is 10.5 Å². The third kappa shape index (κ3) is 3.23. The minimum atomic E-state index is 0.437. The summed E-state index contributed by atoms with van der Waals surface area (Å²) in [6.07, 6.45) is 0. The van der Waals surface area contributed by atoms with Crippen molar-refractivity contribution in [2.45, 2.75) is 26.4 Å². The lowest BCUT2D eigenvalue weighted by Crippen LogP contribution is -2.00. The molecule has 0 amide bonds. The zero-order valence-electron chi connectivity index (χ0n) is 10.8. The summed E-state index contributed by atoms with van der Waals surface area (Å²) in [6, 6.07) is 13.7. The summed E-state index contributed by atoms with van der Waals surface area (Å²) < 4.78 is 5.72. The predicted molar refractivity (Wildman–Crippen MR) is 73.5 cm³/mol. The molecule has 0 aliphatic carbocycles. The second-order valence-corrected chi connectivity index (χ2v) is 4.57. The van der Waals surface area contributed by atoms with Crippen LogP contribution in [0.25, 0.3) is 0 Å². The lowest BCUT2D eigenvalue weighted by atomic mass is 10.0. The number of nitrogen functional groups attached to an aromatic ring is 1. The molecule has 2 aromatic rings. The molecule has 0 aliphatic heterocycles. The van der Waals surface area contributed by atoms with Gasteiger partial charge in [-0.15, -0.1) is 0 Å². The average Bonchev–Trinajstić information content (AvgIpc) is 2.37. The molecule has 0 radical (unpaired) electrons. The SMILES string of the molecule is CC(C)c1cccc(OCc2cccc(N)n2)c1. The number of hydrogen-bond donors (Lipinski definition) is 1. The van der Waals surface area contributed by atoms with Gasteiger partial charge in [0, 0.05) is 0 Å². The molecule has 0 saturated heterocycles. The number of benzene rings is 1. The van der Waals surface area contributed by atoms with Crippen molar-refractivity contribution in [2.75, 3.05) is 5.73 Å². The number of nitrogens with zero attached hydrogens (tertiary/aromatic N) is 1. The summed E-state index contributed by atoms with van der Waals surface area (Å²) in [5, 5.41) is 0. The molecule has 0 atom stereocenters. The fourth-order valence-electron chi connectivity index (χ4n) is 1.70. The van der Waals surface area contributed by atoms with Gasteiger partial charge in [-0.1, -0.05) is 32.0 Å². The maximum absolute atomic E-state index is 5.72. The molecule has 3 heteroatoms. The van der Waals surface area contributed by atoms with Crippen LogP contribution in [-0.4, -0.2) is 4.98 Å². The molecular weight excluding hydrogens is 224 g/mol. The number of hydrogen-bond acceptors (Lipinski definition) is 3. The standard InChI is InChI=1S/C15H18N2O/c1-11(2)12-5-3-7-14(9-12)18-10-13-6-4-8-15(16)17-13/h3-9,11H,10H2,1-2H3,(H2,16,17). The van der Waals surface area contributed by atoms with Gasteiger partial charge in [0.15, 0.2) is 0 Å². The molecule has 0 aliphatic rings. The van der Waals surface area contributed by atoms with E-state index in [1.54, 1.807) is 6.07 Å². The number of nitrogens with two attached hydrogens (primary N) is 1. The highest BCUT2D eigenvalue weighted by molar-refractivity contribution is 5.31. The van der Waals surface area contributed by atoms with Crippen LogP contribution >= 0.6 is 0 Å². The first-order chi connectivity index (χ1) is 8.65. The van der Waals surface area contributed by atoms with Gasteiger partial charge in [0.1, 0.15) is 18.2 Å². The average molecular weight is 242 g/mol. The van der Waals surface area contributed by atoms with Gasteiger partial charge in [-0.2, -0.15) is 0 Å². The van der Waals surface area contributed by atoms with Gasteiger partial charge in [-0.05, 0) is 35.7 Å². The van der Waals surface area contributed by atoms with Crippen molar-refractivity contribution in [2.24, 2.45) is 0 Å². The van der Waals surface area contributed by atoms with Crippen LogP contribution in [0.3, 0.4) is 0 Å². The van der Waals surface area contributed by atoms with Gasteiger partial charge in [0.2, 0.25) is 0 Å². The Hall–Kier alpha value is -2.03. The zero-order valence-corrected chi connectivity index (χ0v) is 10.8. The van der Waals surface area contributed by atoms with Crippen molar-refractivity contribution in [3.8, 4) is 5.75 Å². The van der Waals surface area contributed by atoms with Crippen LogP contribution in [0.5, 0.6) is 5.75 Å². The van der Waals surface area contributed by atoms with Gasteiger partial charge in [0.05, 0.1) is 5.69 Å². The normalized spacial score (nSPS) is 10.6. The predicted octanol–water partition coefficient (Wildman–Crippen LogP) is 3.37. The van der Waals surface area contributed by atoms with Crippen molar-refractivity contribution < 1.29 is 4.74 Å². The van der Waals surface area contributed by atoms with E-state index in [-0.39, 0.29) is 0 Å². The Morgan fingerprint density at radius 1 is 1.17 bits per heavy atom. The first-order valence-corrected chi connectivity index (χ1v) is 6.09. The quantitative estimate of drug-likeness (QED) is 0.894. The van der Waals surface area contributed by atoms with Gasteiger partial charge >= 0.3 is 0 Å². The Kier molecular flexibility index (Phi) is 3.82. The molecule has 2 N–H and O–H groups in total. The van der Waals surface area contributed by atoms with E-state index in [2.05, 4.69) is 31.0 Å². The Morgan fingerprint density at radius 2 is 1.94 bits per heavy atom. The van der Waals surface area contributed by atoms with Gasteiger partial charge < -0.3 is 10.5 Å². The van der Waals surface area contributed by atoms with Crippen molar-refractivity contribution in [1.29, 1.82) is 0 Å². The molecule has 0 bridgehead atoms. The molecule has 1 aromatic carbocycles. The van der Waals surface area contributed by atoms with Crippen LogP contribution in [0.4, 0.5) is 5.82 Å². The van der Waals surface area contributed by atoms with Crippen molar-refractivity contribution in [1.82, 2.24) is 4.98 Å². The molecule has 0 unspecified atom stereocenters. The fraction of sp³-hybridized carbons (Fsp3) is 0.267. The minimum absolute atomic E-state index is 0.437. The molecule has 0 saturated carbocycles. The van der Waals surface area contributed by atoms with E-state index in [0.717, 1.165) is 11.4 Å². The number of ether oxygens (including phenoxy) is 1. The Labute approximate surface area is 108 Å². The summed E-state index contributed by atoms with van der Waals surface area (Å²) in [6.45, 7) is 4.77. The van der Waals surface area contributed by atoms with Crippen LogP contribution in [0, 0.1) is 0 Å². The molecule has 94 valence electrons. The molecule has 1 aromatic heterocycles. The van der Waals surface area contributed by atoms with Crippen molar-refractivity contribution >= 4 is 5.82 Å². The third-order valence-corrected chi connectivity index (χ3v) is 2.74. The molecule has 1 heterocycles. The van der Waals surface area contributed by atoms with Gasteiger partial charge in [-0.25, -0.2) is 4.98 Å². The molecular formula is C15H18N2O. The smallest absolute Gasteiger partial charge is 0.130 e. The fourth-order valence-corrected chi connectivity index (χ4v) is 1.70. The van der Waals surface area contributed by atoms with Crippen LogP contribution in [0.1, 0.15) is 31.0 Å². The Morgan fingerprint density at radius 3 is 2.67 bits per heavy atom. The molecule has 2 rings (SSSR count). The summed E-state index contributed by atoms with van der Waals surface area (Å²) >= 11 is 0. The second kappa shape index (κ2) is 5.54. The largest absolute Gasteiger partial charge is 0.487 e. The number of pyridine rings is 1. The number of anilines is 1. The summed E-state index contributed by atoms with van der Waals surface area (Å²) in [7, 11) is 0. The minimum Gasteiger partial charge on any atom is -0.487 e. The molecule has 0 spiro atoms. The highest BCUT2D eigenvalue weighted by Gasteiger charge is 2.02. The highest BCUT2D eigenvalue weighted by atomic mass is 16.5. The van der Waals surface area contributed by atoms with E-state index < -0.39 is 0 Å².